The molecule has 0 spiro atoms. The average Bonchev–Trinajstić information content (AvgIpc) is 2.83. The molecule has 1 aromatic heterocycles. The SMILES string of the molecule is Cc1cn([C@H]2C[C@H](N=[N+]=[N-])[C@@H](CC[P+]([O-])([O-])O)O2)c(=O)[nH]c1=O. The fourth-order valence-corrected chi connectivity index (χ4v) is 3.00. The number of nitrogens with zero attached hydrogens (tertiary/aromatic N) is 4. The maximum atomic E-state index is 11.9. The minimum absolute atomic E-state index is 0.0749. The topological polar surface area (TPSA) is 179 Å². The Labute approximate surface area is 130 Å². The zero-order valence-electron chi connectivity index (χ0n) is 12.2. The number of ether oxygens (including phenoxy) is 1. The highest BCUT2D eigenvalue weighted by atomic mass is 31.2. The standard InChI is InChI=1S/C11H16N5O6P/c1-6-5-16(11(18)13-10(6)17)9-4-7(14-15-12)8(22-9)2-3-23(19,20)21/h5,7-9H,2-4H2,1H3,(H,13,17,18)(H2,19,20,21)/p-1/t7-,8+,9+/m0/s1. The molecule has 1 fully saturated rings. The predicted octanol–water partition coefficient (Wildman–Crippen LogP) is -1.32. The molecule has 0 radical (unpaired) electrons. The van der Waals surface area contributed by atoms with Crippen molar-refractivity contribution >= 4 is 7.94 Å². The van der Waals surface area contributed by atoms with Crippen LogP contribution in [0.5, 0.6) is 0 Å². The largest absolute Gasteiger partial charge is 0.660 e. The minimum atomic E-state index is -4.46. The lowest BCUT2D eigenvalue weighted by molar-refractivity contribution is -0.331. The number of H-pyrrole nitrogens is 1. The molecule has 2 heterocycles. The Morgan fingerprint density at radius 1 is 1.61 bits per heavy atom. The van der Waals surface area contributed by atoms with E-state index >= 15 is 0 Å². The van der Waals surface area contributed by atoms with Gasteiger partial charge >= 0.3 is 5.69 Å². The summed E-state index contributed by atoms with van der Waals surface area (Å²) >= 11 is 0. The van der Waals surface area contributed by atoms with Gasteiger partial charge in [-0.2, -0.15) is 0 Å². The van der Waals surface area contributed by atoms with Gasteiger partial charge in [-0.15, -0.1) is 0 Å². The molecule has 1 aliphatic heterocycles. The highest BCUT2D eigenvalue weighted by Crippen LogP contribution is 2.38. The van der Waals surface area contributed by atoms with E-state index < -0.39 is 43.7 Å². The Morgan fingerprint density at radius 2 is 2.30 bits per heavy atom. The molecule has 0 saturated carbocycles. The molecule has 126 valence electrons. The molecular formula is C11H15N5O6P-. The van der Waals surface area contributed by atoms with E-state index in [0.717, 1.165) is 4.57 Å². The third-order valence-corrected chi connectivity index (χ3v) is 4.38. The lowest BCUT2D eigenvalue weighted by Gasteiger charge is -2.29. The summed E-state index contributed by atoms with van der Waals surface area (Å²) in [6.45, 7) is 1.52. The number of azide groups is 1. The zero-order valence-corrected chi connectivity index (χ0v) is 13.0. The summed E-state index contributed by atoms with van der Waals surface area (Å²) in [5.41, 5.74) is 7.70. The number of aromatic nitrogens is 2. The molecule has 0 unspecified atom stereocenters. The second-order valence-corrected chi connectivity index (χ2v) is 6.99. The zero-order chi connectivity index (χ0) is 17.2. The Bertz CT molecular complexity index is 734. The first-order valence-electron chi connectivity index (χ1n) is 6.76. The van der Waals surface area contributed by atoms with Crippen LogP contribution in [0.3, 0.4) is 0 Å². The Kier molecular flexibility index (Phi) is 5.20. The van der Waals surface area contributed by atoms with Crippen molar-refractivity contribution in [1.29, 1.82) is 0 Å². The van der Waals surface area contributed by atoms with E-state index in [4.69, 9.17) is 15.2 Å². The van der Waals surface area contributed by atoms with Gasteiger partial charge < -0.3 is 14.5 Å². The molecule has 1 saturated heterocycles. The van der Waals surface area contributed by atoms with E-state index in [1.165, 1.54) is 13.1 Å². The van der Waals surface area contributed by atoms with Gasteiger partial charge in [0.15, 0.2) is 0 Å². The molecule has 11 nitrogen and oxygen atoms in total. The van der Waals surface area contributed by atoms with E-state index in [-0.39, 0.29) is 12.8 Å². The smallest absolute Gasteiger partial charge is 0.330 e. The summed E-state index contributed by atoms with van der Waals surface area (Å²) in [5.74, 6) is 0. The van der Waals surface area contributed by atoms with Crippen LogP contribution in [-0.2, 0) is 4.74 Å². The molecule has 1 aromatic rings. The van der Waals surface area contributed by atoms with Gasteiger partial charge in [0.25, 0.3) is 5.56 Å². The van der Waals surface area contributed by atoms with Crippen LogP contribution in [0, 0.1) is 6.92 Å². The van der Waals surface area contributed by atoms with E-state index in [1.807, 2.05) is 0 Å². The van der Waals surface area contributed by atoms with Gasteiger partial charge in [0.2, 0.25) is 0 Å². The van der Waals surface area contributed by atoms with Crippen LogP contribution >= 0.6 is 7.94 Å². The lowest BCUT2D eigenvalue weighted by Crippen LogP contribution is -2.33. The fourth-order valence-electron chi connectivity index (χ4n) is 2.42. The number of aromatic amines is 1. The highest BCUT2D eigenvalue weighted by molar-refractivity contribution is 7.55. The molecule has 1 aliphatic rings. The predicted molar refractivity (Wildman–Crippen MR) is 76.1 cm³/mol. The number of aryl methyl sites for hydroxylation is 1. The van der Waals surface area contributed by atoms with Gasteiger partial charge in [0.05, 0.1) is 18.3 Å². The molecule has 2 rings (SSSR count). The van der Waals surface area contributed by atoms with Gasteiger partial charge in [-0.1, -0.05) is 5.11 Å². The molecule has 2 N–H and O–H groups in total. The summed E-state index contributed by atoms with van der Waals surface area (Å²) in [4.78, 5) is 58.6. The maximum absolute atomic E-state index is 11.9. The van der Waals surface area contributed by atoms with Crippen LogP contribution in [0.25, 0.3) is 10.4 Å². The molecule has 0 aromatic carbocycles. The van der Waals surface area contributed by atoms with Gasteiger partial charge in [-0.3, -0.25) is 19.2 Å². The van der Waals surface area contributed by atoms with Gasteiger partial charge in [0, 0.05) is 37.5 Å². The molecule has 12 heteroatoms. The van der Waals surface area contributed by atoms with Crippen molar-refractivity contribution in [2.75, 3.05) is 6.16 Å². The minimum Gasteiger partial charge on any atom is -0.660 e. The molecule has 0 aliphatic carbocycles. The molecule has 0 bridgehead atoms. The average molecular weight is 344 g/mol. The fraction of sp³-hybridized carbons (Fsp3) is 0.636. The normalized spacial score (nSPS) is 24.4. The van der Waals surface area contributed by atoms with Crippen LogP contribution in [0.2, 0.25) is 0 Å². The molecule has 23 heavy (non-hydrogen) atoms. The third kappa shape index (κ3) is 4.38. The van der Waals surface area contributed by atoms with Crippen molar-refractivity contribution in [2.24, 2.45) is 5.11 Å². The van der Waals surface area contributed by atoms with Gasteiger partial charge in [-0.25, -0.2) is 4.79 Å². The number of hydrogen-bond acceptors (Lipinski definition) is 7. The van der Waals surface area contributed by atoms with Crippen LogP contribution in [0.1, 0.15) is 24.6 Å². The van der Waals surface area contributed by atoms with Crippen LogP contribution in [0.15, 0.2) is 20.9 Å². The van der Waals surface area contributed by atoms with Crippen molar-refractivity contribution in [3.8, 4) is 0 Å². The van der Waals surface area contributed by atoms with Crippen molar-refractivity contribution in [2.45, 2.75) is 38.1 Å². The maximum Gasteiger partial charge on any atom is 0.330 e. The monoisotopic (exact) mass is 344 g/mol. The second kappa shape index (κ2) is 6.79. The number of hydrogen-bond donors (Lipinski definition) is 2. The highest BCUT2D eigenvalue weighted by Gasteiger charge is 2.37. The first-order chi connectivity index (χ1) is 10.7. The summed E-state index contributed by atoms with van der Waals surface area (Å²) in [6, 6.07) is -0.685. The van der Waals surface area contributed by atoms with E-state index in [1.54, 1.807) is 0 Å². The molecular weight excluding hydrogens is 329 g/mol. The first kappa shape index (κ1) is 17.6. The van der Waals surface area contributed by atoms with Crippen molar-refractivity contribution in [1.82, 2.24) is 9.55 Å². The second-order valence-electron chi connectivity index (χ2n) is 5.27. The van der Waals surface area contributed by atoms with Crippen molar-refractivity contribution in [3.05, 3.63) is 43.0 Å². The van der Waals surface area contributed by atoms with Crippen LogP contribution in [0.4, 0.5) is 0 Å². The summed E-state index contributed by atoms with van der Waals surface area (Å²) in [5, 5.41) is 3.55. The van der Waals surface area contributed by atoms with Crippen molar-refractivity contribution < 1.29 is 19.4 Å². The summed E-state index contributed by atoms with van der Waals surface area (Å²) in [7, 11) is -4.46. The molecule has 3 atom stereocenters. The van der Waals surface area contributed by atoms with Crippen LogP contribution in [-0.4, -0.2) is 32.8 Å². The van der Waals surface area contributed by atoms with Crippen LogP contribution < -0.4 is 21.0 Å². The number of rotatable bonds is 5. The third-order valence-electron chi connectivity index (χ3n) is 3.56. The van der Waals surface area contributed by atoms with E-state index in [2.05, 4.69) is 15.0 Å². The molecule has 0 amide bonds. The van der Waals surface area contributed by atoms with E-state index in [9.17, 15) is 19.4 Å². The Morgan fingerprint density at radius 3 is 2.91 bits per heavy atom. The van der Waals surface area contributed by atoms with Gasteiger partial charge in [-0.05, 0) is 12.5 Å². The van der Waals surface area contributed by atoms with Gasteiger partial charge in [0.1, 0.15) is 6.23 Å². The Balaban J connectivity index is 2.23. The summed E-state index contributed by atoms with van der Waals surface area (Å²) < 4.78 is 6.75. The summed E-state index contributed by atoms with van der Waals surface area (Å²) in [6.07, 6.45) is -0.691. The van der Waals surface area contributed by atoms with E-state index in [0.29, 0.717) is 5.56 Å². The van der Waals surface area contributed by atoms with Crippen molar-refractivity contribution in [3.63, 3.8) is 0 Å². The quantitative estimate of drug-likeness (QED) is 0.289. The first-order valence-corrected chi connectivity index (χ1v) is 8.52. The lowest BCUT2D eigenvalue weighted by atomic mass is 10.1. The Hall–Kier alpha value is -1.74. The number of nitrogens with one attached hydrogen (secondary N) is 1.